The maximum atomic E-state index is 12.9. The van der Waals surface area contributed by atoms with Crippen LogP contribution in [0.2, 0.25) is 0 Å². The number of hydrogen-bond acceptors (Lipinski definition) is 5. The van der Waals surface area contributed by atoms with Gasteiger partial charge in [0.25, 0.3) is 0 Å². The highest BCUT2D eigenvalue weighted by Gasteiger charge is 2.28. The summed E-state index contributed by atoms with van der Waals surface area (Å²) in [6.45, 7) is 8.43. The Balaban J connectivity index is 1.46. The molecule has 31 heavy (non-hydrogen) atoms. The van der Waals surface area contributed by atoms with E-state index in [1.807, 2.05) is 55.7 Å². The van der Waals surface area contributed by atoms with Crippen molar-refractivity contribution in [1.82, 2.24) is 19.7 Å². The molecule has 0 aliphatic carbocycles. The number of likely N-dealkylation sites (N-methyl/N-ethyl adjacent to an activating group) is 1. The maximum absolute atomic E-state index is 12.9. The van der Waals surface area contributed by atoms with Gasteiger partial charge in [-0.3, -0.25) is 24.4 Å². The van der Waals surface area contributed by atoms with Gasteiger partial charge in [-0.1, -0.05) is 25.1 Å². The third kappa shape index (κ3) is 6.35. The van der Waals surface area contributed by atoms with Crippen molar-refractivity contribution >= 4 is 17.5 Å². The van der Waals surface area contributed by atoms with E-state index in [1.54, 1.807) is 7.05 Å². The molecule has 3 rings (SSSR count). The van der Waals surface area contributed by atoms with Gasteiger partial charge in [-0.05, 0) is 42.7 Å². The summed E-state index contributed by atoms with van der Waals surface area (Å²) in [5.41, 5.74) is 3.15. The van der Waals surface area contributed by atoms with Gasteiger partial charge in [0.05, 0.1) is 12.6 Å². The van der Waals surface area contributed by atoms with Crippen LogP contribution >= 0.6 is 0 Å². The lowest BCUT2D eigenvalue weighted by molar-refractivity contribution is -0.138. The van der Waals surface area contributed by atoms with Crippen LogP contribution in [-0.4, -0.2) is 77.3 Å². The van der Waals surface area contributed by atoms with E-state index in [0.29, 0.717) is 0 Å². The Kier molecular flexibility index (Phi) is 8.14. The predicted molar refractivity (Wildman–Crippen MR) is 123 cm³/mol. The number of hydrogen-bond donors (Lipinski definition) is 1. The van der Waals surface area contributed by atoms with Crippen molar-refractivity contribution in [2.75, 3.05) is 45.1 Å². The summed E-state index contributed by atoms with van der Waals surface area (Å²) in [4.78, 5) is 35.6. The van der Waals surface area contributed by atoms with Crippen LogP contribution in [0.5, 0.6) is 0 Å². The number of benzene rings is 1. The smallest absolute Gasteiger partial charge is 0.243 e. The summed E-state index contributed by atoms with van der Waals surface area (Å²) in [5, 5.41) is 2.94. The van der Waals surface area contributed by atoms with E-state index in [-0.39, 0.29) is 24.4 Å². The number of anilines is 1. The number of carbonyl (C=O) groups is 2. The molecule has 2 heterocycles. The SMILES string of the molecule is CCc1ccccc1NC(=O)CN(C)C(=O)C(C)N1CCN(Cc2ccncc2)CC1. The fraction of sp³-hybridized carbons (Fsp3) is 0.458. The van der Waals surface area contributed by atoms with E-state index in [0.717, 1.165) is 50.4 Å². The van der Waals surface area contributed by atoms with Crippen LogP contribution in [0.1, 0.15) is 25.0 Å². The molecule has 1 fully saturated rings. The van der Waals surface area contributed by atoms with Gasteiger partial charge in [0, 0.05) is 57.9 Å². The van der Waals surface area contributed by atoms with Gasteiger partial charge in [-0.25, -0.2) is 0 Å². The van der Waals surface area contributed by atoms with Crippen molar-refractivity contribution in [3.8, 4) is 0 Å². The minimum absolute atomic E-state index is 0.0264. The normalized spacial score (nSPS) is 16.0. The van der Waals surface area contributed by atoms with Crippen molar-refractivity contribution in [2.45, 2.75) is 32.9 Å². The van der Waals surface area contributed by atoms with Crippen LogP contribution < -0.4 is 5.32 Å². The van der Waals surface area contributed by atoms with Crippen molar-refractivity contribution in [1.29, 1.82) is 0 Å². The maximum Gasteiger partial charge on any atom is 0.243 e. The molecule has 7 heteroatoms. The molecule has 1 aliphatic rings. The summed E-state index contributed by atoms with van der Waals surface area (Å²) in [5.74, 6) is -0.201. The molecule has 1 aromatic heterocycles. The van der Waals surface area contributed by atoms with Crippen LogP contribution in [0.4, 0.5) is 5.69 Å². The number of para-hydroxylation sites is 1. The first-order valence-electron chi connectivity index (χ1n) is 11.0. The molecule has 166 valence electrons. The van der Waals surface area contributed by atoms with E-state index < -0.39 is 0 Å². The average Bonchev–Trinajstić information content (AvgIpc) is 2.79. The number of piperazine rings is 1. The summed E-state index contributed by atoms with van der Waals surface area (Å²) in [6.07, 6.45) is 4.48. The molecule has 2 amide bonds. The first kappa shape index (κ1) is 22.9. The molecule has 1 aliphatic heterocycles. The van der Waals surface area contributed by atoms with Crippen molar-refractivity contribution < 1.29 is 9.59 Å². The number of rotatable bonds is 8. The molecule has 1 aromatic carbocycles. The Bertz CT molecular complexity index is 865. The summed E-state index contributed by atoms with van der Waals surface area (Å²) in [6, 6.07) is 11.6. The average molecular weight is 424 g/mol. The predicted octanol–water partition coefficient (Wildman–Crippen LogP) is 2.25. The number of aromatic nitrogens is 1. The molecular weight excluding hydrogens is 390 g/mol. The number of nitrogens with one attached hydrogen (secondary N) is 1. The summed E-state index contributed by atoms with van der Waals surface area (Å²) in [7, 11) is 1.70. The molecule has 2 aromatic rings. The highest BCUT2D eigenvalue weighted by molar-refractivity contribution is 5.95. The Morgan fingerprint density at radius 1 is 1.10 bits per heavy atom. The van der Waals surface area contributed by atoms with Crippen LogP contribution in [-0.2, 0) is 22.6 Å². The van der Waals surface area contributed by atoms with Gasteiger partial charge in [0.15, 0.2) is 0 Å². The fourth-order valence-corrected chi connectivity index (χ4v) is 3.96. The molecule has 1 saturated heterocycles. The van der Waals surface area contributed by atoms with E-state index in [9.17, 15) is 9.59 Å². The molecule has 1 atom stereocenters. The van der Waals surface area contributed by atoms with Gasteiger partial charge >= 0.3 is 0 Å². The van der Waals surface area contributed by atoms with E-state index in [2.05, 4.69) is 27.0 Å². The largest absolute Gasteiger partial charge is 0.335 e. The Morgan fingerprint density at radius 2 is 1.77 bits per heavy atom. The molecule has 0 saturated carbocycles. The number of aryl methyl sites for hydroxylation is 1. The topological polar surface area (TPSA) is 68.8 Å². The fourth-order valence-electron chi connectivity index (χ4n) is 3.96. The second kappa shape index (κ2) is 11.0. The van der Waals surface area contributed by atoms with E-state index >= 15 is 0 Å². The Morgan fingerprint density at radius 3 is 2.45 bits per heavy atom. The second-order valence-corrected chi connectivity index (χ2v) is 8.10. The Labute approximate surface area is 185 Å². The van der Waals surface area contributed by atoms with Crippen LogP contribution in [0.3, 0.4) is 0 Å². The molecule has 0 radical (unpaired) electrons. The summed E-state index contributed by atoms with van der Waals surface area (Å²) < 4.78 is 0. The number of nitrogens with zero attached hydrogens (tertiary/aromatic N) is 4. The zero-order chi connectivity index (χ0) is 22.2. The van der Waals surface area contributed by atoms with Crippen LogP contribution in [0.15, 0.2) is 48.8 Å². The lowest BCUT2D eigenvalue weighted by Crippen LogP contribution is -2.54. The van der Waals surface area contributed by atoms with Crippen LogP contribution in [0, 0.1) is 0 Å². The second-order valence-electron chi connectivity index (χ2n) is 8.10. The number of amides is 2. The third-order valence-electron chi connectivity index (χ3n) is 5.90. The monoisotopic (exact) mass is 423 g/mol. The van der Waals surface area contributed by atoms with Crippen molar-refractivity contribution in [3.05, 3.63) is 59.9 Å². The van der Waals surface area contributed by atoms with Gasteiger partial charge in [-0.2, -0.15) is 0 Å². The molecule has 1 unspecified atom stereocenters. The Hall–Kier alpha value is -2.77. The molecule has 0 bridgehead atoms. The van der Waals surface area contributed by atoms with E-state index in [4.69, 9.17) is 0 Å². The lowest BCUT2D eigenvalue weighted by atomic mass is 10.1. The molecule has 7 nitrogen and oxygen atoms in total. The molecule has 1 N–H and O–H groups in total. The highest BCUT2D eigenvalue weighted by atomic mass is 16.2. The summed E-state index contributed by atoms with van der Waals surface area (Å²) >= 11 is 0. The minimum Gasteiger partial charge on any atom is -0.335 e. The zero-order valence-corrected chi connectivity index (χ0v) is 18.8. The minimum atomic E-state index is -0.246. The molecular formula is C24H33N5O2. The number of carbonyl (C=O) groups excluding carboxylic acids is 2. The van der Waals surface area contributed by atoms with E-state index in [1.165, 1.54) is 10.5 Å². The van der Waals surface area contributed by atoms with Gasteiger partial charge in [0.1, 0.15) is 0 Å². The van der Waals surface area contributed by atoms with Crippen molar-refractivity contribution in [3.63, 3.8) is 0 Å². The molecule has 0 spiro atoms. The number of pyridine rings is 1. The third-order valence-corrected chi connectivity index (χ3v) is 5.90. The van der Waals surface area contributed by atoms with Crippen molar-refractivity contribution in [2.24, 2.45) is 0 Å². The highest BCUT2D eigenvalue weighted by Crippen LogP contribution is 2.16. The quantitative estimate of drug-likeness (QED) is 0.705. The first-order valence-corrected chi connectivity index (χ1v) is 11.0. The standard InChI is InChI=1S/C24H33N5O2/c1-4-21-7-5-6-8-22(21)26-23(30)18-27(3)24(31)19(2)29-15-13-28(14-16-29)17-20-9-11-25-12-10-20/h5-12,19H,4,13-18H2,1-3H3,(H,26,30). The van der Waals surface area contributed by atoms with Gasteiger partial charge < -0.3 is 10.2 Å². The van der Waals surface area contributed by atoms with Crippen LogP contribution in [0.25, 0.3) is 0 Å². The lowest BCUT2D eigenvalue weighted by Gasteiger charge is -2.38. The first-order chi connectivity index (χ1) is 15.0. The van der Waals surface area contributed by atoms with Gasteiger partial charge in [-0.15, -0.1) is 0 Å². The zero-order valence-electron chi connectivity index (χ0n) is 18.8. The van der Waals surface area contributed by atoms with Gasteiger partial charge in [0.2, 0.25) is 11.8 Å².